The molecule has 1 N–H and O–H groups in total. The molecule has 1 aromatic heterocycles. The van der Waals surface area contributed by atoms with E-state index < -0.39 is 6.10 Å². The Labute approximate surface area is 127 Å². The molecule has 108 valence electrons. The Kier molecular flexibility index (Phi) is 4.83. The molecular formula is C15H19BrN2O2. The third-order valence-corrected chi connectivity index (χ3v) is 3.84. The van der Waals surface area contributed by atoms with Crippen molar-refractivity contribution in [1.82, 2.24) is 9.78 Å². The van der Waals surface area contributed by atoms with Gasteiger partial charge in [0.1, 0.15) is 5.75 Å². The Hall–Kier alpha value is -1.33. The highest BCUT2D eigenvalue weighted by molar-refractivity contribution is 9.10. The van der Waals surface area contributed by atoms with Crippen LogP contribution in [0.25, 0.3) is 0 Å². The molecule has 0 amide bonds. The minimum atomic E-state index is -0.623. The van der Waals surface area contributed by atoms with Crippen LogP contribution < -0.4 is 4.74 Å². The van der Waals surface area contributed by atoms with Gasteiger partial charge >= 0.3 is 0 Å². The van der Waals surface area contributed by atoms with Crippen molar-refractivity contribution in [2.45, 2.75) is 25.9 Å². The molecule has 2 rings (SSSR count). The van der Waals surface area contributed by atoms with E-state index in [1.54, 1.807) is 7.11 Å². The normalized spacial score (nSPS) is 12.4. The highest BCUT2D eigenvalue weighted by Crippen LogP contribution is 2.30. The Balaban J connectivity index is 2.25. The predicted molar refractivity (Wildman–Crippen MR) is 81.9 cm³/mol. The second-order valence-electron chi connectivity index (χ2n) is 4.71. The van der Waals surface area contributed by atoms with Gasteiger partial charge in [-0.1, -0.05) is 22.9 Å². The zero-order chi connectivity index (χ0) is 14.7. The maximum atomic E-state index is 10.5. The van der Waals surface area contributed by atoms with Crippen molar-refractivity contribution < 1.29 is 9.84 Å². The Morgan fingerprint density at radius 3 is 2.75 bits per heavy atom. The van der Waals surface area contributed by atoms with Gasteiger partial charge in [-0.05, 0) is 30.7 Å². The number of aromatic nitrogens is 2. The molecule has 1 heterocycles. The largest absolute Gasteiger partial charge is 0.496 e. The quantitative estimate of drug-likeness (QED) is 0.911. The SMILES string of the molecule is CCc1cc(CC(O)c2cc(Br)ccc2OC)n(C)n1. The molecule has 0 spiro atoms. The molecule has 0 saturated heterocycles. The third kappa shape index (κ3) is 3.22. The molecule has 0 aliphatic carbocycles. The van der Waals surface area contributed by atoms with E-state index in [4.69, 9.17) is 4.74 Å². The number of hydrogen-bond acceptors (Lipinski definition) is 3. The van der Waals surface area contributed by atoms with E-state index in [0.717, 1.165) is 27.8 Å². The van der Waals surface area contributed by atoms with E-state index in [2.05, 4.69) is 28.0 Å². The number of aliphatic hydroxyl groups is 1. The van der Waals surface area contributed by atoms with Gasteiger partial charge in [-0.25, -0.2) is 0 Å². The summed E-state index contributed by atoms with van der Waals surface area (Å²) in [6.07, 6.45) is 0.781. The summed E-state index contributed by atoms with van der Waals surface area (Å²) in [6, 6.07) is 7.67. The molecule has 0 radical (unpaired) electrons. The minimum absolute atomic E-state index is 0.510. The smallest absolute Gasteiger partial charge is 0.124 e. The van der Waals surface area contributed by atoms with Gasteiger partial charge in [0.2, 0.25) is 0 Å². The lowest BCUT2D eigenvalue weighted by atomic mass is 10.0. The first kappa shape index (κ1) is 15.1. The van der Waals surface area contributed by atoms with Crippen LogP contribution in [0.2, 0.25) is 0 Å². The summed E-state index contributed by atoms with van der Waals surface area (Å²) in [6.45, 7) is 2.07. The molecule has 4 nitrogen and oxygen atoms in total. The first-order valence-electron chi connectivity index (χ1n) is 6.58. The number of rotatable bonds is 5. The number of nitrogens with zero attached hydrogens (tertiary/aromatic N) is 2. The number of benzene rings is 1. The number of hydrogen-bond donors (Lipinski definition) is 1. The van der Waals surface area contributed by atoms with Crippen molar-refractivity contribution in [2.75, 3.05) is 7.11 Å². The van der Waals surface area contributed by atoms with Gasteiger partial charge in [-0.15, -0.1) is 0 Å². The van der Waals surface area contributed by atoms with Crippen LogP contribution in [0.1, 0.15) is 30.0 Å². The summed E-state index contributed by atoms with van der Waals surface area (Å²) in [5.74, 6) is 0.693. The topological polar surface area (TPSA) is 47.3 Å². The van der Waals surface area contributed by atoms with Crippen molar-refractivity contribution in [3.63, 3.8) is 0 Å². The van der Waals surface area contributed by atoms with Crippen LogP contribution in [0.3, 0.4) is 0 Å². The first-order valence-corrected chi connectivity index (χ1v) is 7.37. The fourth-order valence-electron chi connectivity index (χ4n) is 2.21. The Morgan fingerprint density at radius 1 is 1.40 bits per heavy atom. The fourth-order valence-corrected chi connectivity index (χ4v) is 2.59. The molecule has 0 fully saturated rings. The maximum Gasteiger partial charge on any atom is 0.124 e. The third-order valence-electron chi connectivity index (χ3n) is 3.34. The van der Waals surface area contributed by atoms with Crippen LogP contribution in [0, 0.1) is 0 Å². The van der Waals surface area contributed by atoms with E-state index in [0.29, 0.717) is 12.2 Å². The van der Waals surface area contributed by atoms with Crippen LogP contribution in [-0.4, -0.2) is 22.0 Å². The number of halogens is 1. The van der Waals surface area contributed by atoms with E-state index in [1.807, 2.05) is 36.0 Å². The second kappa shape index (κ2) is 6.41. The average molecular weight is 339 g/mol. The summed E-state index contributed by atoms with van der Waals surface area (Å²) >= 11 is 3.42. The lowest BCUT2D eigenvalue weighted by Gasteiger charge is -2.15. The van der Waals surface area contributed by atoms with Crippen molar-refractivity contribution in [2.24, 2.45) is 7.05 Å². The van der Waals surface area contributed by atoms with E-state index in [1.165, 1.54) is 0 Å². The molecule has 0 aliphatic heterocycles. The van der Waals surface area contributed by atoms with Gasteiger partial charge in [0, 0.05) is 29.2 Å². The van der Waals surface area contributed by atoms with Gasteiger partial charge in [-0.2, -0.15) is 5.10 Å². The summed E-state index contributed by atoms with van der Waals surface area (Å²) in [5.41, 5.74) is 2.83. The van der Waals surface area contributed by atoms with Gasteiger partial charge in [0.05, 0.1) is 18.9 Å². The summed E-state index contributed by atoms with van der Waals surface area (Å²) in [5, 5.41) is 14.9. The fraction of sp³-hybridized carbons (Fsp3) is 0.400. The van der Waals surface area contributed by atoms with Crippen LogP contribution >= 0.6 is 15.9 Å². The molecule has 2 aromatic rings. The number of methoxy groups -OCH3 is 1. The van der Waals surface area contributed by atoms with E-state index in [-0.39, 0.29) is 0 Å². The van der Waals surface area contributed by atoms with Crippen LogP contribution in [-0.2, 0) is 19.9 Å². The monoisotopic (exact) mass is 338 g/mol. The second-order valence-corrected chi connectivity index (χ2v) is 5.63. The predicted octanol–water partition coefficient (Wildman–Crippen LogP) is 3.03. The van der Waals surface area contributed by atoms with E-state index >= 15 is 0 Å². The number of aryl methyl sites for hydroxylation is 2. The molecule has 1 atom stereocenters. The summed E-state index contributed by atoms with van der Waals surface area (Å²) in [7, 11) is 3.51. The van der Waals surface area contributed by atoms with E-state index in [9.17, 15) is 5.11 Å². The van der Waals surface area contributed by atoms with Gasteiger partial charge < -0.3 is 9.84 Å². The highest BCUT2D eigenvalue weighted by atomic mass is 79.9. The van der Waals surface area contributed by atoms with Crippen LogP contribution in [0.4, 0.5) is 0 Å². The molecule has 1 aromatic carbocycles. The number of aliphatic hydroxyl groups excluding tert-OH is 1. The molecule has 20 heavy (non-hydrogen) atoms. The molecule has 0 bridgehead atoms. The summed E-state index contributed by atoms with van der Waals surface area (Å²) in [4.78, 5) is 0. The van der Waals surface area contributed by atoms with Crippen molar-refractivity contribution in [3.8, 4) is 5.75 Å². The Morgan fingerprint density at radius 2 is 2.15 bits per heavy atom. The molecule has 0 aliphatic rings. The Bertz CT molecular complexity index is 596. The number of ether oxygens (including phenoxy) is 1. The summed E-state index contributed by atoms with van der Waals surface area (Å²) < 4.78 is 8.06. The first-order chi connectivity index (χ1) is 9.55. The average Bonchev–Trinajstić information content (AvgIpc) is 2.79. The highest BCUT2D eigenvalue weighted by Gasteiger charge is 2.16. The minimum Gasteiger partial charge on any atom is -0.496 e. The van der Waals surface area contributed by atoms with Gasteiger partial charge in [-0.3, -0.25) is 4.68 Å². The molecular weight excluding hydrogens is 320 g/mol. The maximum absolute atomic E-state index is 10.5. The van der Waals surface area contributed by atoms with Crippen molar-refractivity contribution in [3.05, 3.63) is 45.7 Å². The van der Waals surface area contributed by atoms with Crippen molar-refractivity contribution >= 4 is 15.9 Å². The van der Waals surface area contributed by atoms with Crippen molar-refractivity contribution in [1.29, 1.82) is 0 Å². The molecule has 1 unspecified atom stereocenters. The standard InChI is InChI=1S/C15H19BrN2O2/c1-4-11-8-12(18(2)17-11)9-14(19)13-7-10(16)5-6-15(13)20-3/h5-8,14,19H,4,9H2,1-3H3. The lowest BCUT2D eigenvalue weighted by molar-refractivity contribution is 0.171. The van der Waals surface area contributed by atoms with Crippen LogP contribution in [0.5, 0.6) is 5.75 Å². The van der Waals surface area contributed by atoms with Gasteiger partial charge in [0.25, 0.3) is 0 Å². The zero-order valence-electron chi connectivity index (χ0n) is 11.9. The zero-order valence-corrected chi connectivity index (χ0v) is 13.5. The molecule has 0 saturated carbocycles. The molecule has 5 heteroatoms. The lowest BCUT2D eigenvalue weighted by Crippen LogP contribution is -2.07. The van der Waals surface area contributed by atoms with Gasteiger partial charge in [0.15, 0.2) is 0 Å². The van der Waals surface area contributed by atoms with Crippen LogP contribution in [0.15, 0.2) is 28.7 Å².